The van der Waals surface area contributed by atoms with Crippen LogP contribution >= 0.6 is 0 Å². The SMILES string of the molecule is CCNC(=NCc1ccc(C(=O)NC)cc1)N1CCC(C(=O)OC)CC1. The number of hydrogen-bond acceptors (Lipinski definition) is 4. The van der Waals surface area contributed by atoms with E-state index in [2.05, 4.69) is 15.5 Å². The number of nitrogens with zero attached hydrogens (tertiary/aromatic N) is 2. The van der Waals surface area contributed by atoms with E-state index in [1.807, 2.05) is 19.1 Å². The highest BCUT2D eigenvalue weighted by atomic mass is 16.5. The molecule has 2 N–H and O–H groups in total. The number of hydrogen-bond donors (Lipinski definition) is 2. The quantitative estimate of drug-likeness (QED) is 0.471. The van der Waals surface area contributed by atoms with Gasteiger partial charge in [-0.05, 0) is 37.5 Å². The average molecular weight is 360 g/mol. The summed E-state index contributed by atoms with van der Waals surface area (Å²) < 4.78 is 4.84. The van der Waals surface area contributed by atoms with Gasteiger partial charge in [-0.15, -0.1) is 0 Å². The third kappa shape index (κ3) is 5.21. The number of esters is 1. The van der Waals surface area contributed by atoms with Crippen LogP contribution < -0.4 is 10.6 Å². The van der Waals surface area contributed by atoms with Crippen LogP contribution in [0.15, 0.2) is 29.3 Å². The number of rotatable bonds is 5. The highest BCUT2D eigenvalue weighted by Crippen LogP contribution is 2.18. The monoisotopic (exact) mass is 360 g/mol. The van der Waals surface area contributed by atoms with Crippen LogP contribution in [-0.4, -0.2) is 56.5 Å². The van der Waals surface area contributed by atoms with Crippen LogP contribution in [0.4, 0.5) is 0 Å². The van der Waals surface area contributed by atoms with E-state index in [0.29, 0.717) is 12.1 Å². The Morgan fingerprint density at radius 2 is 1.88 bits per heavy atom. The van der Waals surface area contributed by atoms with E-state index >= 15 is 0 Å². The van der Waals surface area contributed by atoms with Crippen molar-refractivity contribution in [1.29, 1.82) is 0 Å². The van der Waals surface area contributed by atoms with E-state index in [0.717, 1.165) is 44.0 Å². The molecule has 7 nitrogen and oxygen atoms in total. The number of piperidine rings is 1. The molecule has 26 heavy (non-hydrogen) atoms. The van der Waals surface area contributed by atoms with Gasteiger partial charge in [-0.3, -0.25) is 9.59 Å². The number of aliphatic imine (C=N–C) groups is 1. The molecule has 1 aliphatic rings. The van der Waals surface area contributed by atoms with Crippen LogP contribution in [0, 0.1) is 5.92 Å². The first kappa shape index (κ1) is 19.8. The van der Waals surface area contributed by atoms with Crippen molar-refractivity contribution < 1.29 is 14.3 Å². The largest absolute Gasteiger partial charge is 0.469 e. The van der Waals surface area contributed by atoms with E-state index < -0.39 is 0 Å². The summed E-state index contributed by atoms with van der Waals surface area (Å²) in [5.41, 5.74) is 1.68. The zero-order valence-electron chi connectivity index (χ0n) is 15.7. The minimum Gasteiger partial charge on any atom is -0.469 e. The predicted molar refractivity (Wildman–Crippen MR) is 101 cm³/mol. The van der Waals surface area contributed by atoms with Crippen molar-refractivity contribution in [1.82, 2.24) is 15.5 Å². The van der Waals surface area contributed by atoms with Gasteiger partial charge < -0.3 is 20.3 Å². The second-order valence-corrected chi connectivity index (χ2v) is 6.23. The van der Waals surface area contributed by atoms with E-state index in [4.69, 9.17) is 9.73 Å². The molecule has 0 saturated carbocycles. The van der Waals surface area contributed by atoms with Crippen molar-refractivity contribution >= 4 is 17.8 Å². The van der Waals surface area contributed by atoms with E-state index in [9.17, 15) is 9.59 Å². The number of ether oxygens (including phenoxy) is 1. The summed E-state index contributed by atoms with van der Waals surface area (Å²) in [6, 6.07) is 7.44. The van der Waals surface area contributed by atoms with Crippen LogP contribution in [0.3, 0.4) is 0 Å². The van der Waals surface area contributed by atoms with Crippen molar-refractivity contribution in [3.8, 4) is 0 Å². The van der Waals surface area contributed by atoms with E-state index in [1.54, 1.807) is 19.2 Å². The molecule has 2 rings (SSSR count). The summed E-state index contributed by atoms with van der Waals surface area (Å²) in [6.07, 6.45) is 1.55. The molecule has 1 amide bonds. The maximum Gasteiger partial charge on any atom is 0.308 e. The van der Waals surface area contributed by atoms with Crippen LogP contribution in [0.1, 0.15) is 35.7 Å². The van der Waals surface area contributed by atoms with Crippen LogP contribution in [0.5, 0.6) is 0 Å². The highest BCUT2D eigenvalue weighted by Gasteiger charge is 2.26. The molecule has 1 heterocycles. The molecular weight excluding hydrogens is 332 g/mol. The second kappa shape index (κ2) is 9.79. The van der Waals surface area contributed by atoms with Gasteiger partial charge in [0.15, 0.2) is 5.96 Å². The molecule has 0 unspecified atom stereocenters. The van der Waals surface area contributed by atoms with Crippen molar-refractivity contribution in [2.45, 2.75) is 26.3 Å². The molecule has 0 bridgehead atoms. The van der Waals surface area contributed by atoms with Gasteiger partial charge in [-0.1, -0.05) is 12.1 Å². The molecule has 1 fully saturated rings. The van der Waals surface area contributed by atoms with Crippen molar-refractivity contribution in [2.24, 2.45) is 10.9 Å². The van der Waals surface area contributed by atoms with Gasteiger partial charge in [0.2, 0.25) is 0 Å². The zero-order chi connectivity index (χ0) is 18.9. The van der Waals surface area contributed by atoms with Crippen molar-refractivity contribution in [3.05, 3.63) is 35.4 Å². The normalized spacial score (nSPS) is 15.5. The molecule has 0 aliphatic carbocycles. The average Bonchev–Trinajstić information content (AvgIpc) is 2.70. The van der Waals surface area contributed by atoms with E-state index in [1.165, 1.54) is 7.11 Å². The molecule has 142 valence electrons. The number of amides is 1. The third-order valence-corrected chi connectivity index (χ3v) is 4.52. The highest BCUT2D eigenvalue weighted by molar-refractivity contribution is 5.93. The Labute approximate surface area is 154 Å². The van der Waals surface area contributed by atoms with Crippen LogP contribution in [-0.2, 0) is 16.1 Å². The molecule has 0 spiro atoms. The third-order valence-electron chi connectivity index (χ3n) is 4.52. The van der Waals surface area contributed by atoms with E-state index in [-0.39, 0.29) is 17.8 Å². The van der Waals surface area contributed by atoms with Gasteiger partial charge in [0.25, 0.3) is 5.91 Å². The molecular formula is C19H28N4O3. The Bertz CT molecular complexity index is 635. The molecule has 0 aromatic heterocycles. The number of carbonyl (C=O) groups excluding carboxylic acids is 2. The lowest BCUT2D eigenvalue weighted by molar-refractivity contribution is -0.146. The Morgan fingerprint density at radius 1 is 1.23 bits per heavy atom. The lowest BCUT2D eigenvalue weighted by Crippen LogP contribution is -2.46. The number of carbonyl (C=O) groups is 2. The van der Waals surface area contributed by atoms with Gasteiger partial charge in [0.05, 0.1) is 19.6 Å². The summed E-state index contributed by atoms with van der Waals surface area (Å²) in [4.78, 5) is 30.1. The maximum absolute atomic E-state index is 11.7. The first-order valence-electron chi connectivity index (χ1n) is 9.01. The summed E-state index contributed by atoms with van der Waals surface area (Å²) in [5.74, 6) is 0.618. The lowest BCUT2D eigenvalue weighted by atomic mass is 9.97. The first-order valence-corrected chi connectivity index (χ1v) is 9.01. The minimum atomic E-state index is -0.122. The zero-order valence-corrected chi connectivity index (χ0v) is 15.7. The number of guanidine groups is 1. The van der Waals surface area contributed by atoms with Crippen LogP contribution in [0.2, 0.25) is 0 Å². The standard InChI is InChI=1S/C19H28N4O3/c1-4-21-19(23-11-9-16(10-12-23)18(25)26-3)22-13-14-5-7-15(8-6-14)17(24)20-2/h5-8,16H,4,9-13H2,1-3H3,(H,20,24)(H,21,22). The number of methoxy groups -OCH3 is 1. The summed E-state index contributed by atoms with van der Waals surface area (Å²) in [5, 5.41) is 5.93. The Balaban J connectivity index is 1.98. The fraction of sp³-hybridized carbons (Fsp3) is 0.526. The van der Waals surface area contributed by atoms with Gasteiger partial charge in [-0.25, -0.2) is 4.99 Å². The maximum atomic E-state index is 11.7. The van der Waals surface area contributed by atoms with Gasteiger partial charge >= 0.3 is 5.97 Å². The van der Waals surface area contributed by atoms with Gasteiger partial charge in [0, 0.05) is 32.2 Å². The molecule has 0 radical (unpaired) electrons. The van der Waals surface area contributed by atoms with Gasteiger partial charge in [0.1, 0.15) is 0 Å². The molecule has 1 aromatic carbocycles. The predicted octanol–water partition coefficient (Wildman–Crippen LogP) is 1.40. The molecule has 7 heteroatoms. The Hall–Kier alpha value is -2.57. The smallest absolute Gasteiger partial charge is 0.308 e. The minimum absolute atomic E-state index is 0.0172. The number of nitrogens with one attached hydrogen (secondary N) is 2. The molecule has 1 saturated heterocycles. The second-order valence-electron chi connectivity index (χ2n) is 6.23. The summed E-state index contributed by atoms with van der Waals surface area (Å²) in [6.45, 7) is 4.91. The Kier molecular flexibility index (Phi) is 7.44. The molecule has 1 aromatic rings. The Morgan fingerprint density at radius 3 is 2.42 bits per heavy atom. The molecule has 0 atom stereocenters. The summed E-state index contributed by atoms with van der Waals surface area (Å²) in [7, 11) is 3.06. The fourth-order valence-corrected chi connectivity index (χ4v) is 2.99. The van der Waals surface area contributed by atoms with Crippen LogP contribution in [0.25, 0.3) is 0 Å². The number of likely N-dealkylation sites (tertiary alicyclic amines) is 1. The summed E-state index contributed by atoms with van der Waals surface area (Å²) >= 11 is 0. The fourth-order valence-electron chi connectivity index (χ4n) is 2.99. The molecule has 1 aliphatic heterocycles. The number of benzene rings is 1. The van der Waals surface area contributed by atoms with Gasteiger partial charge in [-0.2, -0.15) is 0 Å². The topological polar surface area (TPSA) is 83.0 Å². The first-order chi connectivity index (χ1) is 12.6. The van der Waals surface area contributed by atoms with Crippen molar-refractivity contribution in [3.63, 3.8) is 0 Å². The van der Waals surface area contributed by atoms with Crippen molar-refractivity contribution in [2.75, 3.05) is 33.8 Å². The lowest BCUT2D eigenvalue weighted by Gasteiger charge is -2.33.